The number of amides is 2. The van der Waals surface area contributed by atoms with Crippen molar-refractivity contribution < 1.29 is 29.0 Å². The van der Waals surface area contributed by atoms with Crippen LogP contribution in [0.15, 0.2) is 116 Å². The normalized spacial score (nSPS) is 16.6. The standard InChI is InChI=1S/C36H35N2O6PS/c1-4-14-32(41)44-36(38-28(33(24(2)39)35(38)43)23-29(40)30-21-22-31(46-30)34(42)37-3)45(25-15-8-5-9-16-25,26-17-10-6-11-18-26)27-19-12-7-13-20-27/h4-13,15-22,24,28,33,39H,1,14,23H2,2-3H3,(H,37,42)/t24-,28-,33-/m1/s1. The van der Waals surface area contributed by atoms with Crippen molar-refractivity contribution in [3.8, 4) is 0 Å². The van der Waals surface area contributed by atoms with Crippen molar-refractivity contribution in [3.05, 3.63) is 126 Å². The molecule has 46 heavy (non-hydrogen) atoms. The molecule has 1 saturated heterocycles. The maximum atomic E-state index is 14.2. The van der Waals surface area contributed by atoms with Crippen LogP contribution in [0, 0.1) is 5.92 Å². The van der Waals surface area contributed by atoms with E-state index in [4.69, 9.17) is 4.74 Å². The number of esters is 1. The van der Waals surface area contributed by atoms with E-state index in [-0.39, 0.29) is 30.1 Å². The molecule has 1 aliphatic heterocycles. The molecule has 0 unspecified atom stereocenters. The minimum Gasteiger partial charge on any atom is -0.408 e. The molecule has 0 bridgehead atoms. The zero-order valence-electron chi connectivity index (χ0n) is 25.5. The fourth-order valence-electron chi connectivity index (χ4n) is 5.85. The first-order chi connectivity index (χ1) is 22.2. The van der Waals surface area contributed by atoms with E-state index in [1.165, 1.54) is 24.9 Å². The Morgan fingerprint density at radius 3 is 1.87 bits per heavy atom. The highest BCUT2D eigenvalue weighted by Crippen LogP contribution is 2.50. The SMILES string of the molecule is C=CCC(=O)OC(N1C(=O)[C@H]([C@@H](C)O)[C@H]1CC(=O)c1ccc(C(=O)NC)s1)=P(c1ccccc1)(c1ccccc1)c1ccccc1. The van der Waals surface area contributed by atoms with Crippen molar-refractivity contribution >= 4 is 63.3 Å². The van der Waals surface area contributed by atoms with Crippen molar-refractivity contribution in [1.82, 2.24) is 10.2 Å². The monoisotopic (exact) mass is 654 g/mol. The summed E-state index contributed by atoms with van der Waals surface area (Å²) in [5.74, 6) is -2.57. The number of carbonyl (C=O) groups is 4. The summed E-state index contributed by atoms with van der Waals surface area (Å²) in [5.41, 5.74) is 0.125. The fraction of sp³-hybridized carbons (Fsp3) is 0.194. The number of thiophene rings is 1. The molecule has 0 aliphatic carbocycles. The molecular formula is C36H35N2O6PS. The summed E-state index contributed by atoms with van der Waals surface area (Å²) in [7, 11) is 1.52. The van der Waals surface area contributed by atoms with Crippen molar-refractivity contribution in [2.45, 2.75) is 31.9 Å². The highest BCUT2D eigenvalue weighted by Gasteiger charge is 2.55. The van der Waals surface area contributed by atoms with E-state index >= 15 is 0 Å². The molecular weight excluding hydrogens is 619 g/mol. The van der Waals surface area contributed by atoms with Gasteiger partial charge in [0.2, 0.25) is 11.5 Å². The Morgan fingerprint density at radius 1 is 0.913 bits per heavy atom. The molecule has 2 amide bonds. The molecule has 1 aromatic heterocycles. The number of likely N-dealkylation sites (tertiary alicyclic amines) is 1. The second-order valence-electron chi connectivity index (χ2n) is 10.8. The third kappa shape index (κ3) is 6.14. The molecule has 2 N–H and O–H groups in total. The molecule has 1 fully saturated rings. The van der Waals surface area contributed by atoms with Crippen LogP contribution in [0.1, 0.15) is 39.1 Å². The Labute approximate surface area is 272 Å². The van der Waals surface area contributed by atoms with Gasteiger partial charge in [0, 0.05) is 20.4 Å². The molecule has 0 radical (unpaired) electrons. The van der Waals surface area contributed by atoms with E-state index in [1.807, 2.05) is 91.0 Å². The van der Waals surface area contributed by atoms with Gasteiger partial charge in [-0.05, 0) is 35.0 Å². The first kappa shape index (κ1) is 32.8. The van der Waals surface area contributed by atoms with Crippen LogP contribution in [0.25, 0.3) is 0 Å². The second-order valence-corrected chi connectivity index (χ2v) is 15.2. The van der Waals surface area contributed by atoms with Crippen molar-refractivity contribution in [1.29, 1.82) is 0 Å². The highest BCUT2D eigenvalue weighted by molar-refractivity contribution is 7.95. The number of hydrogen-bond donors (Lipinski definition) is 2. The summed E-state index contributed by atoms with van der Waals surface area (Å²) in [6, 6.07) is 31.2. The lowest BCUT2D eigenvalue weighted by atomic mass is 9.81. The summed E-state index contributed by atoms with van der Waals surface area (Å²) >= 11 is 1.06. The number of ketones is 1. The van der Waals surface area contributed by atoms with Gasteiger partial charge < -0.3 is 15.2 Å². The summed E-state index contributed by atoms with van der Waals surface area (Å²) in [6.45, 7) is 2.09. The smallest absolute Gasteiger partial charge is 0.316 e. The topological polar surface area (TPSA) is 113 Å². The Kier molecular flexibility index (Phi) is 10.2. The quantitative estimate of drug-likeness (QED) is 0.0783. The molecule has 0 spiro atoms. The predicted molar refractivity (Wildman–Crippen MR) is 184 cm³/mol. The van der Waals surface area contributed by atoms with Crippen LogP contribution in [-0.4, -0.2) is 58.4 Å². The lowest BCUT2D eigenvalue weighted by Gasteiger charge is -2.50. The van der Waals surface area contributed by atoms with Gasteiger partial charge in [-0.15, -0.1) is 17.9 Å². The molecule has 0 saturated carbocycles. The number of β-lactam (4-membered cyclic amide) rings is 1. The van der Waals surface area contributed by atoms with Crippen LogP contribution in [0.3, 0.4) is 0 Å². The first-order valence-corrected chi connectivity index (χ1v) is 17.5. The third-order valence-electron chi connectivity index (χ3n) is 7.95. The summed E-state index contributed by atoms with van der Waals surface area (Å²) in [4.78, 5) is 55.7. The van der Waals surface area contributed by atoms with E-state index in [1.54, 1.807) is 12.1 Å². The predicted octanol–water partition coefficient (Wildman–Crippen LogP) is 4.09. The third-order valence-corrected chi connectivity index (χ3v) is 13.2. The summed E-state index contributed by atoms with van der Waals surface area (Å²) in [6.07, 6.45) is 0.0986. The zero-order chi connectivity index (χ0) is 32.8. The molecule has 8 nitrogen and oxygen atoms in total. The lowest BCUT2D eigenvalue weighted by Crippen LogP contribution is -2.67. The van der Waals surface area contributed by atoms with Crippen LogP contribution < -0.4 is 21.2 Å². The van der Waals surface area contributed by atoms with Crippen LogP contribution in [0.5, 0.6) is 0 Å². The van der Waals surface area contributed by atoms with Gasteiger partial charge in [-0.2, -0.15) is 0 Å². The van der Waals surface area contributed by atoms with Crippen LogP contribution in [0.2, 0.25) is 0 Å². The van der Waals surface area contributed by atoms with Gasteiger partial charge in [-0.3, -0.25) is 24.1 Å². The number of nitrogens with one attached hydrogen (secondary N) is 1. The van der Waals surface area contributed by atoms with Gasteiger partial charge >= 0.3 is 5.97 Å². The second kappa shape index (κ2) is 14.3. The number of ether oxygens (including phenoxy) is 1. The number of nitrogens with zero attached hydrogens (tertiary/aromatic N) is 1. The minimum absolute atomic E-state index is 0.106. The van der Waals surface area contributed by atoms with Crippen LogP contribution in [0.4, 0.5) is 0 Å². The van der Waals surface area contributed by atoms with E-state index in [0.29, 0.717) is 9.75 Å². The van der Waals surface area contributed by atoms with Crippen molar-refractivity contribution in [2.24, 2.45) is 5.92 Å². The number of aliphatic hydroxyl groups excluding tert-OH is 1. The average molecular weight is 655 g/mol. The summed E-state index contributed by atoms with van der Waals surface area (Å²) in [5, 5.41) is 15.9. The first-order valence-electron chi connectivity index (χ1n) is 14.8. The molecule has 10 heteroatoms. The van der Waals surface area contributed by atoms with Crippen LogP contribution in [-0.2, 0) is 14.3 Å². The van der Waals surface area contributed by atoms with E-state index in [2.05, 4.69) is 11.9 Å². The zero-order valence-corrected chi connectivity index (χ0v) is 27.2. The number of carbonyl (C=O) groups excluding carboxylic acids is 4. The molecule has 3 aromatic carbocycles. The molecule has 5 rings (SSSR count). The number of aliphatic hydroxyl groups is 1. The van der Waals surface area contributed by atoms with Gasteiger partial charge in [0.15, 0.2) is 5.78 Å². The van der Waals surface area contributed by atoms with Gasteiger partial charge in [-0.25, -0.2) is 0 Å². The maximum absolute atomic E-state index is 14.2. The number of rotatable bonds is 12. The molecule has 1 aliphatic rings. The Balaban J connectivity index is 1.80. The number of benzene rings is 3. The van der Waals surface area contributed by atoms with Crippen LogP contribution >= 0.6 is 18.2 Å². The van der Waals surface area contributed by atoms with Gasteiger partial charge in [0.05, 0.1) is 34.2 Å². The van der Waals surface area contributed by atoms with E-state index < -0.39 is 36.8 Å². The average Bonchev–Trinajstić information content (AvgIpc) is 3.57. The Morgan fingerprint density at radius 2 is 1.41 bits per heavy atom. The lowest BCUT2D eigenvalue weighted by molar-refractivity contribution is -0.157. The number of hydrogen-bond acceptors (Lipinski definition) is 7. The van der Waals surface area contributed by atoms with E-state index in [9.17, 15) is 24.3 Å². The van der Waals surface area contributed by atoms with Gasteiger partial charge in [0.25, 0.3) is 5.91 Å². The van der Waals surface area contributed by atoms with Crippen molar-refractivity contribution in [2.75, 3.05) is 7.05 Å². The van der Waals surface area contributed by atoms with Gasteiger partial charge in [-0.1, -0.05) is 97.1 Å². The highest BCUT2D eigenvalue weighted by atomic mass is 32.1. The maximum Gasteiger partial charge on any atom is 0.316 e. The largest absolute Gasteiger partial charge is 0.408 e. The minimum atomic E-state index is -3.12. The number of Topliss-reactive ketones (excluding diaryl/α,β-unsaturated/α-hetero) is 1. The Bertz CT molecular complexity index is 1700. The molecule has 3 atom stereocenters. The molecule has 2 heterocycles. The van der Waals surface area contributed by atoms with Gasteiger partial charge in [0.1, 0.15) is 0 Å². The van der Waals surface area contributed by atoms with E-state index in [0.717, 1.165) is 27.3 Å². The molecule has 4 aromatic rings. The Hall–Kier alpha value is -4.56. The molecule has 236 valence electrons. The fourth-order valence-corrected chi connectivity index (χ4v) is 11.0. The van der Waals surface area contributed by atoms with Crippen molar-refractivity contribution in [3.63, 3.8) is 0 Å². The summed E-state index contributed by atoms with van der Waals surface area (Å²) < 4.78 is 6.31.